The smallest absolute Gasteiger partial charge is 0.240 e. The molecule has 2 aromatic carbocycles. The Morgan fingerprint density at radius 2 is 1.84 bits per heavy atom. The van der Waals surface area contributed by atoms with Crippen molar-refractivity contribution in [3.8, 4) is 0 Å². The van der Waals surface area contributed by atoms with Crippen LogP contribution in [0.3, 0.4) is 0 Å². The molecule has 0 bridgehead atoms. The molecule has 1 N–H and O–H groups in total. The van der Waals surface area contributed by atoms with Gasteiger partial charge in [0.25, 0.3) is 0 Å². The highest BCUT2D eigenvalue weighted by atomic mass is 32.2. The van der Waals surface area contributed by atoms with E-state index in [2.05, 4.69) is 50.4 Å². The standard InChI is InChI=1S/C21H26N2OS/c1-16-13-14-23(18-11-7-8-12-19(18)25-16)20(24)15-22-21(2,3)17-9-5-4-6-10-17/h4-12,16,22H,13-15H2,1-3H3/t16-/m0/s1. The third-order valence-corrected chi connectivity index (χ3v) is 5.96. The number of para-hydroxylation sites is 1. The third kappa shape index (κ3) is 4.25. The molecular weight excluding hydrogens is 328 g/mol. The number of amides is 1. The Morgan fingerprint density at radius 1 is 1.16 bits per heavy atom. The van der Waals surface area contributed by atoms with E-state index < -0.39 is 0 Å². The van der Waals surface area contributed by atoms with Crippen LogP contribution in [0.2, 0.25) is 0 Å². The van der Waals surface area contributed by atoms with Crippen LogP contribution in [0.1, 0.15) is 32.8 Å². The molecule has 25 heavy (non-hydrogen) atoms. The zero-order valence-electron chi connectivity index (χ0n) is 15.2. The van der Waals surface area contributed by atoms with E-state index in [1.54, 1.807) is 0 Å². The molecule has 1 aliphatic heterocycles. The number of rotatable bonds is 4. The highest BCUT2D eigenvalue weighted by Crippen LogP contribution is 2.37. The fourth-order valence-corrected chi connectivity index (χ4v) is 4.21. The summed E-state index contributed by atoms with van der Waals surface area (Å²) in [5.74, 6) is 0.131. The van der Waals surface area contributed by atoms with Crippen LogP contribution in [0.5, 0.6) is 0 Å². The molecule has 0 saturated heterocycles. The first-order valence-electron chi connectivity index (χ1n) is 8.84. The maximum Gasteiger partial charge on any atom is 0.240 e. The van der Waals surface area contributed by atoms with Crippen molar-refractivity contribution in [1.29, 1.82) is 0 Å². The number of carbonyl (C=O) groups excluding carboxylic acids is 1. The Hall–Kier alpha value is -1.78. The van der Waals surface area contributed by atoms with E-state index in [1.807, 2.05) is 47.0 Å². The predicted octanol–water partition coefficient (Wildman–Crippen LogP) is 4.43. The van der Waals surface area contributed by atoms with E-state index >= 15 is 0 Å². The maximum absolute atomic E-state index is 13.0. The van der Waals surface area contributed by atoms with Gasteiger partial charge in [0.2, 0.25) is 5.91 Å². The fourth-order valence-electron chi connectivity index (χ4n) is 3.09. The number of anilines is 1. The molecule has 1 heterocycles. The van der Waals surface area contributed by atoms with Crippen LogP contribution < -0.4 is 10.2 Å². The van der Waals surface area contributed by atoms with Crippen molar-refractivity contribution in [3.63, 3.8) is 0 Å². The van der Waals surface area contributed by atoms with Crippen molar-refractivity contribution in [2.75, 3.05) is 18.0 Å². The maximum atomic E-state index is 13.0. The Balaban J connectivity index is 1.73. The van der Waals surface area contributed by atoms with Crippen LogP contribution in [0.15, 0.2) is 59.5 Å². The van der Waals surface area contributed by atoms with Gasteiger partial charge in [0.05, 0.1) is 12.2 Å². The summed E-state index contributed by atoms with van der Waals surface area (Å²) in [6.45, 7) is 7.56. The van der Waals surface area contributed by atoms with E-state index in [1.165, 1.54) is 10.5 Å². The molecule has 4 heteroatoms. The number of carbonyl (C=O) groups is 1. The minimum atomic E-state index is -0.246. The van der Waals surface area contributed by atoms with Gasteiger partial charge in [-0.3, -0.25) is 10.1 Å². The Morgan fingerprint density at radius 3 is 2.60 bits per heavy atom. The van der Waals surface area contributed by atoms with Gasteiger partial charge in [0.1, 0.15) is 0 Å². The zero-order valence-corrected chi connectivity index (χ0v) is 16.0. The number of benzene rings is 2. The van der Waals surface area contributed by atoms with Gasteiger partial charge in [-0.05, 0) is 38.0 Å². The number of nitrogens with one attached hydrogen (secondary N) is 1. The van der Waals surface area contributed by atoms with Crippen molar-refractivity contribution in [3.05, 3.63) is 60.2 Å². The molecule has 3 nitrogen and oxygen atoms in total. The van der Waals surface area contributed by atoms with E-state index in [-0.39, 0.29) is 11.4 Å². The number of hydrogen-bond donors (Lipinski definition) is 1. The summed E-state index contributed by atoms with van der Waals surface area (Å²) in [5.41, 5.74) is 1.98. The Labute approximate surface area is 154 Å². The summed E-state index contributed by atoms with van der Waals surface area (Å²) in [6, 6.07) is 18.5. The van der Waals surface area contributed by atoms with Crippen molar-refractivity contribution in [2.45, 2.75) is 42.9 Å². The second-order valence-electron chi connectivity index (χ2n) is 7.07. The summed E-state index contributed by atoms with van der Waals surface area (Å²) in [4.78, 5) is 16.1. The highest BCUT2D eigenvalue weighted by Gasteiger charge is 2.26. The van der Waals surface area contributed by atoms with Crippen molar-refractivity contribution in [1.82, 2.24) is 5.32 Å². The number of nitrogens with zero attached hydrogens (tertiary/aromatic N) is 1. The quantitative estimate of drug-likeness (QED) is 0.881. The highest BCUT2D eigenvalue weighted by molar-refractivity contribution is 8.00. The average Bonchev–Trinajstić information content (AvgIpc) is 2.79. The van der Waals surface area contributed by atoms with Crippen LogP contribution in [0.25, 0.3) is 0 Å². The monoisotopic (exact) mass is 354 g/mol. The van der Waals surface area contributed by atoms with Crippen LogP contribution in [0.4, 0.5) is 5.69 Å². The zero-order chi connectivity index (χ0) is 17.9. The lowest BCUT2D eigenvalue weighted by atomic mass is 9.94. The summed E-state index contributed by atoms with van der Waals surface area (Å²) in [5, 5.41) is 3.96. The number of hydrogen-bond acceptors (Lipinski definition) is 3. The topological polar surface area (TPSA) is 32.3 Å². The normalized spacial score (nSPS) is 17.7. The number of thioether (sulfide) groups is 1. The minimum absolute atomic E-state index is 0.131. The molecule has 0 unspecified atom stereocenters. The Bertz CT molecular complexity index is 730. The lowest BCUT2D eigenvalue weighted by Crippen LogP contribution is -2.45. The van der Waals surface area contributed by atoms with Gasteiger partial charge in [-0.2, -0.15) is 0 Å². The first-order valence-corrected chi connectivity index (χ1v) is 9.72. The predicted molar refractivity (Wildman–Crippen MR) is 106 cm³/mol. The third-order valence-electron chi connectivity index (χ3n) is 4.72. The summed E-state index contributed by atoms with van der Waals surface area (Å²) < 4.78 is 0. The van der Waals surface area contributed by atoms with E-state index in [4.69, 9.17) is 0 Å². The molecule has 0 radical (unpaired) electrons. The number of fused-ring (bicyclic) bond motifs is 1. The molecule has 3 rings (SSSR count). The molecular formula is C21H26N2OS. The second-order valence-corrected chi connectivity index (χ2v) is 8.56. The Kier molecular flexibility index (Phi) is 5.50. The minimum Gasteiger partial charge on any atom is -0.310 e. The lowest BCUT2D eigenvalue weighted by Gasteiger charge is -2.29. The molecule has 0 aliphatic carbocycles. The van der Waals surface area contributed by atoms with Gasteiger partial charge in [-0.1, -0.05) is 49.4 Å². The fraction of sp³-hybridized carbons (Fsp3) is 0.381. The van der Waals surface area contributed by atoms with E-state index in [0.717, 1.165) is 18.7 Å². The molecule has 1 atom stereocenters. The first kappa shape index (κ1) is 18.0. The molecule has 2 aromatic rings. The SMILES string of the molecule is C[C@H]1CCN(C(=O)CNC(C)(C)c2ccccc2)c2ccccc2S1. The summed E-state index contributed by atoms with van der Waals surface area (Å²) >= 11 is 1.86. The molecule has 1 aliphatic rings. The second kappa shape index (κ2) is 7.63. The van der Waals surface area contributed by atoms with Gasteiger partial charge in [-0.25, -0.2) is 0 Å². The van der Waals surface area contributed by atoms with Crippen molar-refractivity contribution < 1.29 is 4.79 Å². The van der Waals surface area contributed by atoms with Crippen LogP contribution in [-0.4, -0.2) is 24.2 Å². The molecule has 132 valence electrons. The summed E-state index contributed by atoms with van der Waals surface area (Å²) in [6.07, 6.45) is 1.01. The van der Waals surface area contributed by atoms with Gasteiger partial charge in [0, 0.05) is 22.2 Å². The van der Waals surface area contributed by atoms with E-state index in [9.17, 15) is 4.79 Å². The van der Waals surface area contributed by atoms with Gasteiger partial charge in [-0.15, -0.1) is 11.8 Å². The van der Waals surface area contributed by atoms with E-state index in [0.29, 0.717) is 11.8 Å². The van der Waals surface area contributed by atoms with Crippen LogP contribution in [-0.2, 0) is 10.3 Å². The van der Waals surface area contributed by atoms with Crippen molar-refractivity contribution >= 4 is 23.4 Å². The average molecular weight is 355 g/mol. The largest absolute Gasteiger partial charge is 0.310 e. The van der Waals surface area contributed by atoms with Crippen LogP contribution >= 0.6 is 11.8 Å². The molecule has 0 aromatic heterocycles. The molecule has 0 spiro atoms. The summed E-state index contributed by atoms with van der Waals surface area (Å²) in [7, 11) is 0. The first-order chi connectivity index (χ1) is 12.0. The molecule has 0 fully saturated rings. The lowest BCUT2D eigenvalue weighted by molar-refractivity contribution is -0.118. The van der Waals surface area contributed by atoms with Gasteiger partial charge < -0.3 is 4.90 Å². The molecule has 1 amide bonds. The molecule has 0 saturated carbocycles. The van der Waals surface area contributed by atoms with Crippen molar-refractivity contribution in [2.24, 2.45) is 0 Å². The van der Waals surface area contributed by atoms with Gasteiger partial charge >= 0.3 is 0 Å². The van der Waals surface area contributed by atoms with Gasteiger partial charge in [0.15, 0.2) is 0 Å². The van der Waals surface area contributed by atoms with Crippen LogP contribution in [0, 0.1) is 0 Å².